The van der Waals surface area contributed by atoms with E-state index in [1.165, 1.54) is 16.5 Å². The van der Waals surface area contributed by atoms with Gasteiger partial charge in [0.1, 0.15) is 6.61 Å². The number of halogens is 3. The van der Waals surface area contributed by atoms with E-state index in [-0.39, 0.29) is 12.5 Å². The predicted molar refractivity (Wildman–Crippen MR) is 118 cm³/mol. The number of aliphatic carboxylic acids is 1. The van der Waals surface area contributed by atoms with Crippen LogP contribution in [-0.2, 0) is 25.6 Å². The lowest BCUT2D eigenvalue weighted by molar-refractivity contribution is -0.192. The zero-order valence-corrected chi connectivity index (χ0v) is 19.2. The second-order valence-corrected chi connectivity index (χ2v) is 8.78. The fourth-order valence-corrected chi connectivity index (χ4v) is 4.36. The zero-order chi connectivity index (χ0) is 24.9. The number of likely N-dealkylation sites (N-methyl/N-ethyl adjacent to an activating group) is 1. The Morgan fingerprint density at radius 3 is 2.68 bits per heavy atom. The number of amides is 1. The Hall–Kier alpha value is -2.63. The van der Waals surface area contributed by atoms with Crippen molar-refractivity contribution in [3.63, 3.8) is 0 Å². The van der Waals surface area contributed by atoms with Gasteiger partial charge in [0.25, 0.3) is 0 Å². The van der Waals surface area contributed by atoms with Crippen molar-refractivity contribution in [3.05, 3.63) is 36.0 Å². The predicted octanol–water partition coefficient (Wildman–Crippen LogP) is 2.74. The van der Waals surface area contributed by atoms with Crippen LogP contribution in [0.1, 0.15) is 12.0 Å². The highest BCUT2D eigenvalue weighted by molar-refractivity contribution is 5.82. The number of alkyl halides is 3. The van der Waals surface area contributed by atoms with Crippen LogP contribution in [0.3, 0.4) is 0 Å². The molecular formula is C23H30F3N3O5. The number of benzene rings is 1. The van der Waals surface area contributed by atoms with Gasteiger partial charge in [-0.25, -0.2) is 4.79 Å². The van der Waals surface area contributed by atoms with Crippen molar-refractivity contribution in [1.82, 2.24) is 14.8 Å². The average Bonchev–Trinajstić information content (AvgIpc) is 3.47. The van der Waals surface area contributed by atoms with E-state index >= 15 is 0 Å². The molecule has 2 aliphatic rings. The molecule has 2 aliphatic heterocycles. The van der Waals surface area contributed by atoms with Gasteiger partial charge in [0.15, 0.2) is 0 Å². The number of aromatic amines is 1. The Morgan fingerprint density at radius 2 is 2.00 bits per heavy atom. The van der Waals surface area contributed by atoms with Crippen molar-refractivity contribution < 1.29 is 37.3 Å². The van der Waals surface area contributed by atoms with Crippen molar-refractivity contribution >= 4 is 22.8 Å². The topological polar surface area (TPSA) is 95.1 Å². The number of hydrogen-bond acceptors (Lipinski definition) is 5. The maximum atomic E-state index is 11.6. The number of aromatic nitrogens is 1. The van der Waals surface area contributed by atoms with Gasteiger partial charge in [-0.3, -0.25) is 9.69 Å². The molecule has 2 aromatic rings. The molecule has 1 aromatic heterocycles. The molecule has 2 N–H and O–H groups in total. The number of rotatable bonds is 7. The average molecular weight is 486 g/mol. The van der Waals surface area contributed by atoms with E-state index < -0.39 is 12.1 Å². The van der Waals surface area contributed by atoms with Gasteiger partial charge < -0.3 is 24.5 Å². The molecule has 188 valence electrons. The lowest BCUT2D eigenvalue weighted by Crippen LogP contribution is -2.27. The third-order valence-corrected chi connectivity index (χ3v) is 6.19. The highest BCUT2D eigenvalue weighted by atomic mass is 19.4. The van der Waals surface area contributed by atoms with Crippen LogP contribution in [-0.4, -0.2) is 91.1 Å². The number of hydrogen-bond donors (Lipinski definition) is 2. The van der Waals surface area contributed by atoms with E-state index in [1.54, 1.807) is 19.0 Å². The maximum absolute atomic E-state index is 11.6. The van der Waals surface area contributed by atoms with Crippen LogP contribution in [0.15, 0.2) is 30.5 Å². The van der Waals surface area contributed by atoms with Gasteiger partial charge >= 0.3 is 12.1 Å². The molecule has 0 aliphatic carbocycles. The molecule has 34 heavy (non-hydrogen) atoms. The number of ether oxygens (including phenoxy) is 2. The number of carbonyl (C=O) groups is 2. The molecule has 8 nitrogen and oxygen atoms in total. The lowest BCUT2D eigenvalue weighted by Gasteiger charge is -2.20. The number of nitrogens with zero attached hydrogens (tertiary/aromatic N) is 2. The molecule has 3 heterocycles. The molecule has 0 saturated carbocycles. The molecule has 0 bridgehead atoms. The number of H-pyrrole nitrogens is 1. The van der Waals surface area contributed by atoms with Gasteiger partial charge in [0.2, 0.25) is 5.91 Å². The highest BCUT2D eigenvalue weighted by Crippen LogP contribution is 2.36. The summed E-state index contributed by atoms with van der Waals surface area (Å²) >= 11 is 0. The van der Waals surface area contributed by atoms with Crippen molar-refractivity contribution in [2.24, 2.45) is 11.8 Å². The zero-order valence-electron chi connectivity index (χ0n) is 19.2. The quantitative estimate of drug-likeness (QED) is 0.586. The summed E-state index contributed by atoms with van der Waals surface area (Å²) in [6.45, 7) is 4.66. The molecule has 1 aromatic carbocycles. The summed E-state index contributed by atoms with van der Waals surface area (Å²) in [6, 6.07) is 8.62. The Balaban J connectivity index is 0.000000406. The first-order valence-corrected chi connectivity index (χ1v) is 11.0. The Bertz CT molecular complexity index is 978. The fourth-order valence-electron chi connectivity index (χ4n) is 4.36. The standard InChI is InChI=1S/C21H29N3O3.C2HF3O2/c1-23(2)21(25)14-26-9-7-16-13-27-20-12-24(11-18(16)20)10-15-4-3-5-19-17(15)6-8-22-19;3-2(4,5)1(6)7/h3-6,8,16,18,20,22H,7,9-14H2,1-2H3;(H,6,7)/t16-,18-,20-;/m0./s1. The van der Waals surface area contributed by atoms with Gasteiger partial charge in [-0.15, -0.1) is 0 Å². The molecule has 0 radical (unpaired) electrons. The van der Waals surface area contributed by atoms with Crippen LogP contribution >= 0.6 is 0 Å². The highest BCUT2D eigenvalue weighted by Gasteiger charge is 2.43. The first-order valence-electron chi connectivity index (χ1n) is 11.0. The van der Waals surface area contributed by atoms with Crippen molar-refractivity contribution in [1.29, 1.82) is 0 Å². The minimum Gasteiger partial charge on any atom is -0.475 e. The largest absolute Gasteiger partial charge is 0.490 e. The summed E-state index contributed by atoms with van der Waals surface area (Å²) in [6.07, 6.45) is -1.78. The van der Waals surface area contributed by atoms with Crippen LogP contribution < -0.4 is 0 Å². The van der Waals surface area contributed by atoms with E-state index in [0.717, 1.165) is 32.7 Å². The summed E-state index contributed by atoms with van der Waals surface area (Å²) in [7, 11) is 3.50. The Kier molecular flexibility index (Phi) is 8.56. The molecular weight excluding hydrogens is 455 g/mol. The number of fused-ring (bicyclic) bond motifs is 2. The van der Waals surface area contributed by atoms with Crippen LogP contribution in [0, 0.1) is 11.8 Å². The SMILES string of the molecule is CN(C)C(=O)COCC[C@H]1CO[C@H]2CN(Cc3cccc4[nH]ccc34)C[C@@H]12.O=C(O)C(F)(F)F. The molecule has 11 heteroatoms. The van der Waals surface area contributed by atoms with Gasteiger partial charge in [0, 0.05) is 63.4 Å². The van der Waals surface area contributed by atoms with Gasteiger partial charge in [0.05, 0.1) is 12.7 Å². The third-order valence-electron chi connectivity index (χ3n) is 6.19. The Morgan fingerprint density at radius 1 is 1.26 bits per heavy atom. The van der Waals surface area contributed by atoms with E-state index in [4.69, 9.17) is 19.4 Å². The molecule has 0 unspecified atom stereocenters. The molecule has 2 saturated heterocycles. The van der Waals surface area contributed by atoms with Gasteiger partial charge in [-0.2, -0.15) is 13.2 Å². The number of carboxylic acids is 1. The van der Waals surface area contributed by atoms with E-state index in [9.17, 15) is 18.0 Å². The first-order chi connectivity index (χ1) is 16.1. The van der Waals surface area contributed by atoms with Crippen molar-refractivity contribution in [2.75, 3.05) is 47.0 Å². The second-order valence-electron chi connectivity index (χ2n) is 8.78. The van der Waals surface area contributed by atoms with E-state index in [2.05, 4.69) is 34.1 Å². The van der Waals surface area contributed by atoms with Crippen molar-refractivity contribution in [2.45, 2.75) is 25.2 Å². The summed E-state index contributed by atoms with van der Waals surface area (Å²) in [4.78, 5) is 27.8. The first kappa shape index (κ1) is 26.0. The summed E-state index contributed by atoms with van der Waals surface area (Å²) in [5.41, 5.74) is 2.57. The molecule has 2 fully saturated rings. The minimum atomic E-state index is -5.08. The molecule has 1 amide bonds. The molecule has 3 atom stereocenters. The fraction of sp³-hybridized carbons (Fsp3) is 0.565. The maximum Gasteiger partial charge on any atom is 0.490 e. The summed E-state index contributed by atoms with van der Waals surface area (Å²) in [5, 5.41) is 8.44. The number of carbonyl (C=O) groups excluding carboxylic acids is 1. The Labute approximate surface area is 195 Å². The van der Waals surface area contributed by atoms with E-state index in [0.29, 0.717) is 24.5 Å². The summed E-state index contributed by atoms with van der Waals surface area (Å²) < 4.78 is 43.4. The smallest absolute Gasteiger partial charge is 0.475 e. The van der Waals surface area contributed by atoms with Crippen LogP contribution in [0.5, 0.6) is 0 Å². The number of carboxylic acid groups (broad SMARTS) is 1. The molecule has 0 spiro atoms. The third kappa shape index (κ3) is 6.71. The monoisotopic (exact) mass is 485 g/mol. The van der Waals surface area contributed by atoms with Gasteiger partial charge in [-0.1, -0.05) is 12.1 Å². The number of nitrogens with one attached hydrogen (secondary N) is 1. The van der Waals surface area contributed by atoms with Crippen LogP contribution in [0.25, 0.3) is 10.9 Å². The minimum absolute atomic E-state index is 0.0153. The van der Waals surface area contributed by atoms with Crippen molar-refractivity contribution in [3.8, 4) is 0 Å². The molecule has 4 rings (SSSR count). The normalized spacial score (nSPS) is 22.3. The second kappa shape index (κ2) is 11.2. The van der Waals surface area contributed by atoms with Gasteiger partial charge in [-0.05, 0) is 30.0 Å². The van der Waals surface area contributed by atoms with E-state index in [1.807, 2.05) is 6.20 Å². The number of likely N-dealkylation sites (tertiary alicyclic amines) is 1. The van der Waals surface area contributed by atoms with Crippen LogP contribution in [0.2, 0.25) is 0 Å². The van der Waals surface area contributed by atoms with Crippen LogP contribution in [0.4, 0.5) is 13.2 Å². The summed E-state index contributed by atoms with van der Waals surface area (Å²) in [5.74, 6) is -1.64. The lowest BCUT2D eigenvalue weighted by atomic mass is 9.91.